The van der Waals surface area contributed by atoms with Crippen molar-refractivity contribution >= 4 is 22.8 Å². The van der Waals surface area contributed by atoms with E-state index in [1.165, 1.54) is 12.7 Å². The molecule has 0 saturated carbocycles. The van der Waals surface area contributed by atoms with Gasteiger partial charge in [-0.1, -0.05) is 25.0 Å². The summed E-state index contributed by atoms with van der Waals surface area (Å²) in [5.74, 6) is -0.301. The number of esters is 1. The lowest BCUT2D eigenvalue weighted by Crippen LogP contribution is -2.39. The highest BCUT2D eigenvalue weighted by molar-refractivity contribution is 6.04. The Bertz CT molecular complexity index is 835. The van der Waals surface area contributed by atoms with E-state index in [0.717, 1.165) is 54.4 Å². The van der Waals surface area contributed by atoms with Gasteiger partial charge in [-0.25, -0.2) is 0 Å². The quantitative estimate of drug-likeness (QED) is 0.784. The van der Waals surface area contributed by atoms with Crippen LogP contribution >= 0.6 is 0 Å². The molecular weight excluding hydrogens is 316 g/mol. The van der Waals surface area contributed by atoms with Gasteiger partial charge in [0.05, 0.1) is 12.6 Å². The fourth-order valence-corrected chi connectivity index (χ4v) is 3.86. The van der Waals surface area contributed by atoms with E-state index in [1.54, 1.807) is 0 Å². The molecule has 0 unspecified atom stereocenters. The molecule has 0 N–H and O–H groups in total. The Morgan fingerprint density at radius 3 is 2.72 bits per heavy atom. The minimum absolute atomic E-state index is 0.0341. The number of aryl methyl sites for hydroxylation is 2. The Morgan fingerprint density at radius 1 is 1.28 bits per heavy atom. The molecule has 0 radical (unpaired) electrons. The van der Waals surface area contributed by atoms with Gasteiger partial charge < -0.3 is 14.2 Å². The van der Waals surface area contributed by atoms with Crippen molar-refractivity contribution in [2.75, 3.05) is 20.2 Å². The van der Waals surface area contributed by atoms with E-state index < -0.39 is 0 Å². The van der Waals surface area contributed by atoms with E-state index in [9.17, 15) is 9.59 Å². The maximum absolute atomic E-state index is 13.1. The first-order valence-electron chi connectivity index (χ1n) is 8.96. The molecule has 2 aromatic rings. The van der Waals surface area contributed by atoms with Crippen LogP contribution in [-0.2, 0) is 22.5 Å². The van der Waals surface area contributed by atoms with E-state index >= 15 is 0 Å². The molecule has 1 aliphatic rings. The second-order valence-corrected chi connectivity index (χ2v) is 6.86. The van der Waals surface area contributed by atoms with Crippen LogP contribution in [0.25, 0.3) is 10.9 Å². The summed E-state index contributed by atoms with van der Waals surface area (Å²) in [7, 11) is 1.38. The van der Waals surface area contributed by atoms with Crippen molar-refractivity contribution in [1.29, 1.82) is 0 Å². The van der Waals surface area contributed by atoms with Crippen molar-refractivity contribution in [3.05, 3.63) is 34.5 Å². The highest BCUT2D eigenvalue weighted by Gasteiger charge is 2.31. The minimum Gasteiger partial charge on any atom is -0.468 e. The van der Waals surface area contributed by atoms with Gasteiger partial charge in [0.15, 0.2) is 0 Å². The summed E-state index contributed by atoms with van der Waals surface area (Å²) >= 11 is 0. The number of nitrogens with zero attached hydrogens (tertiary/aromatic N) is 2. The van der Waals surface area contributed by atoms with Crippen LogP contribution in [0, 0.1) is 13.8 Å². The van der Waals surface area contributed by atoms with Crippen molar-refractivity contribution < 1.29 is 14.3 Å². The lowest BCUT2D eigenvalue weighted by Gasteiger charge is -2.28. The second kappa shape index (κ2) is 6.90. The number of benzene rings is 1. The summed E-state index contributed by atoms with van der Waals surface area (Å²) in [4.78, 5) is 27.0. The van der Waals surface area contributed by atoms with Gasteiger partial charge in [-0.15, -0.1) is 0 Å². The third-order valence-electron chi connectivity index (χ3n) is 5.01. The molecule has 25 heavy (non-hydrogen) atoms. The van der Waals surface area contributed by atoms with Gasteiger partial charge in [-0.3, -0.25) is 9.59 Å². The van der Waals surface area contributed by atoms with Crippen molar-refractivity contribution in [1.82, 2.24) is 9.47 Å². The average Bonchev–Trinajstić information content (AvgIpc) is 2.88. The predicted molar refractivity (Wildman–Crippen MR) is 97.9 cm³/mol. The lowest BCUT2D eigenvalue weighted by atomic mass is 10.00. The summed E-state index contributed by atoms with van der Waals surface area (Å²) in [5.41, 5.74) is 4.97. The van der Waals surface area contributed by atoms with Crippen LogP contribution in [-0.4, -0.2) is 41.5 Å². The van der Waals surface area contributed by atoms with Crippen molar-refractivity contribution in [3.8, 4) is 0 Å². The molecule has 0 saturated heterocycles. The van der Waals surface area contributed by atoms with Crippen LogP contribution in [0.2, 0.25) is 0 Å². The molecule has 3 rings (SSSR count). The SMILES string of the molecule is CCCCN1CCc2c(n(CC(=O)OC)c3c(C)cc(C)cc23)C1=O. The number of hydrogen-bond donors (Lipinski definition) is 0. The fourth-order valence-electron chi connectivity index (χ4n) is 3.86. The summed E-state index contributed by atoms with van der Waals surface area (Å²) < 4.78 is 6.74. The molecule has 0 bridgehead atoms. The fraction of sp³-hybridized carbons (Fsp3) is 0.500. The topological polar surface area (TPSA) is 51.5 Å². The van der Waals surface area contributed by atoms with Crippen LogP contribution in [0.3, 0.4) is 0 Å². The van der Waals surface area contributed by atoms with Gasteiger partial charge in [0.2, 0.25) is 0 Å². The molecule has 0 aliphatic carbocycles. The molecule has 5 heteroatoms. The number of ether oxygens (including phenoxy) is 1. The zero-order chi connectivity index (χ0) is 18.1. The van der Waals surface area contributed by atoms with E-state index in [0.29, 0.717) is 5.69 Å². The molecule has 1 aromatic heterocycles. The van der Waals surface area contributed by atoms with Crippen molar-refractivity contribution in [2.45, 2.75) is 46.6 Å². The Balaban J connectivity index is 2.19. The Morgan fingerprint density at radius 2 is 2.04 bits per heavy atom. The van der Waals surface area contributed by atoms with Crippen LogP contribution < -0.4 is 0 Å². The maximum Gasteiger partial charge on any atom is 0.325 e. The number of fused-ring (bicyclic) bond motifs is 3. The van der Waals surface area contributed by atoms with Crippen LogP contribution in [0.5, 0.6) is 0 Å². The number of hydrogen-bond acceptors (Lipinski definition) is 3. The molecular formula is C20H26N2O3. The molecule has 0 spiro atoms. The van der Waals surface area contributed by atoms with Gasteiger partial charge in [0, 0.05) is 18.5 Å². The van der Waals surface area contributed by atoms with Crippen molar-refractivity contribution in [3.63, 3.8) is 0 Å². The first-order valence-corrected chi connectivity index (χ1v) is 8.96. The highest BCUT2D eigenvalue weighted by Crippen LogP contribution is 2.33. The molecule has 134 valence electrons. The van der Waals surface area contributed by atoms with Gasteiger partial charge in [-0.2, -0.15) is 0 Å². The number of carbonyl (C=O) groups excluding carboxylic acids is 2. The van der Waals surface area contributed by atoms with Gasteiger partial charge in [0.1, 0.15) is 12.2 Å². The minimum atomic E-state index is -0.335. The zero-order valence-electron chi connectivity index (χ0n) is 15.5. The standard InChI is InChI=1S/C20H26N2O3/c1-5-6-8-21-9-7-15-16-11-13(2)10-14(3)18(16)22(12-17(23)25-4)19(15)20(21)24/h10-11H,5-9,12H2,1-4H3. The Kier molecular flexibility index (Phi) is 4.84. The third-order valence-corrected chi connectivity index (χ3v) is 5.01. The molecule has 1 aliphatic heterocycles. The first-order chi connectivity index (χ1) is 12.0. The summed E-state index contributed by atoms with van der Waals surface area (Å²) in [5, 5.41) is 1.10. The number of aromatic nitrogens is 1. The molecule has 0 atom stereocenters. The van der Waals surface area contributed by atoms with Gasteiger partial charge in [0.25, 0.3) is 5.91 Å². The molecule has 2 heterocycles. The molecule has 1 aromatic carbocycles. The number of amides is 1. The zero-order valence-corrected chi connectivity index (χ0v) is 15.5. The van der Waals surface area contributed by atoms with E-state index in [-0.39, 0.29) is 18.4 Å². The molecule has 1 amide bonds. The molecule has 5 nitrogen and oxygen atoms in total. The van der Waals surface area contributed by atoms with E-state index in [1.807, 2.05) is 16.4 Å². The third kappa shape index (κ3) is 3.03. The number of methoxy groups -OCH3 is 1. The summed E-state index contributed by atoms with van der Waals surface area (Å²) in [6.07, 6.45) is 2.88. The maximum atomic E-state index is 13.1. The number of unbranched alkanes of at least 4 members (excludes halogenated alkanes) is 1. The van der Waals surface area contributed by atoms with Crippen LogP contribution in [0.15, 0.2) is 12.1 Å². The highest BCUT2D eigenvalue weighted by atomic mass is 16.5. The second-order valence-electron chi connectivity index (χ2n) is 6.86. The van der Waals surface area contributed by atoms with Crippen LogP contribution in [0.1, 0.15) is 46.9 Å². The Labute approximate surface area is 148 Å². The number of rotatable bonds is 5. The normalized spacial score (nSPS) is 14.1. The van der Waals surface area contributed by atoms with Gasteiger partial charge in [-0.05, 0) is 43.9 Å². The molecule has 0 fully saturated rings. The van der Waals surface area contributed by atoms with Gasteiger partial charge >= 0.3 is 5.97 Å². The smallest absolute Gasteiger partial charge is 0.325 e. The summed E-state index contributed by atoms with van der Waals surface area (Å²) in [6.45, 7) is 7.81. The van der Waals surface area contributed by atoms with E-state index in [2.05, 4.69) is 26.0 Å². The lowest BCUT2D eigenvalue weighted by molar-refractivity contribution is -0.141. The van der Waals surface area contributed by atoms with E-state index in [4.69, 9.17) is 4.74 Å². The first kappa shape index (κ1) is 17.5. The monoisotopic (exact) mass is 342 g/mol. The predicted octanol–water partition coefficient (Wildman–Crippen LogP) is 3.23. The summed E-state index contributed by atoms with van der Waals surface area (Å²) in [6, 6.07) is 4.23. The van der Waals surface area contributed by atoms with Crippen molar-refractivity contribution in [2.24, 2.45) is 0 Å². The Hall–Kier alpha value is -2.30. The van der Waals surface area contributed by atoms with Crippen LogP contribution in [0.4, 0.5) is 0 Å². The number of carbonyl (C=O) groups is 2. The largest absolute Gasteiger partial charge is 0.468 e. The average molecular weight is 342 g/mol.